The van der Waals surface area contributed by atoms with E-state index >= 15 is 0 Å². The Balaban J connectivity index is 1.54. The van der Waals surface area contributed by atoms with Gasteiger partial charge in [0.1, 0.15) is 6.04 Å². The van der Waals surface area contributed by atoms with Crippen molar-refractivity contribution in [2.75, 3.05) is 6.54 Å². The van der Waals surface area contributed by atoms with Gasteiger partial charge in [0.2, 0.25) is 11.8 Å². The molecule has 0 saturated carbocycles. The van der Waals surface area contributed by atoms with E-state index in [9.17, 15) is 14.4 Å². The molecule has 1 fully saturated rings. The molecule has 1 aromatic heterocycles. The number of hydrogen-bond acceptors (Lipinski definition) is 4. The highest BCUT2D eigenvalue weighted by Gasteiger charge is 2.21. The van der Waals surface area contributed by atoms with Crippen LogP contribution in [0.3, 0.4) is 0 Å². The van der Waals surface area contributed by atoms with E-state index in [1.165, 1.54) is 10.9 Å². The van der Waals surface area contributed by atoms with Gasteiger partial charge in [0, 0.05) is 19.5 Å². The number of aryl methyl sites for hydroxylation is 1. The standard InChI is InChI=1S/C18H22N4O3/c23-16(21-15-8-3-4-10-19-17(15)24)9-5-11-22-12-20-14-7-2-1-6-13(14)18(22)25/h1-2,6-7,12,15H,3-5,8-11H2,(H,19,24)(H,21,23)/t15-/m0/s1. The first-order valence-corrected chi connectivity index (χ1v) is 8.66. The highest BCUT2D eigenvalue weighted by molar-refractivity contribution is 5.87. The van der Waals surface area contributed by atoms with Gasteiger partial charge in [0.05, 0.1) is 17.2 Å². The molecule has 1 atom stereocenters. The Kier molecular flexibility index (Phi) is 5.42. The Hall–Kier alpha value is -2.70. The van der Waals surface area contributed by atoms with Crippen molar-refractivity contribution in [1.82, 2.24) is 20.2 Å². The van der Waals surface area contributed by atoms with Crippen LogP contribution in [0, 0.1) is 0 Å². The molecule has 25 heavy (non-hydrogen) atoms. The number of nitrogens with zero attached hydrogens (tertiary/aromatic N) is 2. The van der Waals surface area contributed by atoms with Crippen molar-refractivity contribution in [2.45, 2.75) is 44.7 Å². The average molecular weight is 342 g/mol. The number of hydrogen-bond donors (Lipinski definition) is 2. The fourth-order valence-electron chi connectivity index (χ4n) is 3.02. The van der Waals surface area contributed by atoms with Crippen LogP contribution in [0.15, 0.2) is 35.4 Å². The number of carbonyl (C=O) groups excluding carboxylic acids is 2. The molecule has 0 spiro atoms. The van der Waals surface area contributed by atoms with E-state index < -0.39 is 6.04 Å². The number of para-hydroxylation sites is 1. The summed E-state index contributed by atoms with van der Waals surface area (Å²) in [4.78, 5) is 40.5. The molecule has 2 heterocycles. The van der Waals surface area contributed by atoms with Gasteiger partial charge in [-0.2, -0.15) is 0 Å². The van der Waals surface area contributed by atoms with E-state index in [0.717, 1.165) is 12.8 Å². The monoisotopic (exact) mass is 342 g/mol. The minimum Gasteiger partial charge on any atom is -0.354 e. The molecule has 0 unspecified atom stereocenters. The lowest BCUT2D eigenvalue weighted by Gasteiger charge is -2.15. The highest BCUT2D eigenvalue weighted by atomic mass is 16.2. The summed E-state index contributed by atoms with van der Waals surface area (Å²) in [6.07, 6.45) is 4.83. The zero-order valence-electron chi connectivity index (χ0n) is 14.0. The molecule has 1 aromatic carbocycles. The van der Waals surface area contributed by atoms with Crippen LogP contribution < -0.4 is 16.2 Å². The van der Waals surface area contributed by atoms with Crippen molar-refractivity contribution in [3.8, 4) is 0 Å². The molecule has 132 valence electrons. The number of aromatic nitrogens is 2. The number of nitrogens with one attached hydrogen (secondary N) is 2. The van der Waals surface area contributed by atoms with Gasteiger partial charge < -0.3 is 10.6 Å². The second-order valence-corrected chi connectivity index (χ2v) is 6.27. The van der Waals surface area contributed by atoms with Crippen LogP contribution in [0.5, 0.6) is 0 Å². The molecule has 7 nitrogen and oxygen atoms in total. The van der Waals surface area contributed by atoms with E-state index in [4.69, 9.17) is 0 Å². The minimum atomic E-state index is -0.444. The maximum atomic E-state index is 12.4. The number of carbonyl (C=O) groups is 2. The third-order valence-electron chi connectivity index (χ3n) is 4.40. The molecule has 2 N–H and O–H groups in total. The number of amides is 2. The van der Waals surface area contributed by atoms with E-state index in [2.05, 4.69) is 15.6 Å². The van der Waals surface area contributed by atoms with Crippen molar-refractivity contribution < 1.29 is 9.59 Å². The maximum absolute atomic E-state index is 12.4. The zero-order chi connectivity index (χ0) is 17.6. The van der Waals surface area contributed by atoms with Gasteiger partial charge in [-0.15, -0.1) is 0 Å². The Morgan fingerprint density at radius 1 is 1.28 bits per heavy atom. The first-order valence-electron chi connectivity index (χ1n) is 8.66. The summed E-state index contributed by atoms with van der Waals surface area (Å²) in [7, 11) is 0. The largest absolute Gasteiger partial charge is 0.354 e. The quantitative estimate of drug-likeness (QED) is 0.846. The van der Waals surface area contributed by atoms with Gasteiger partial charge in [-0.25, -0.2) is 4.98 Å². The van der Waals surface area contributed by atoms with Gasteiger partial charge in [0.15, 0.2) is 0 Å². The third kappa shape index (κ3) is 4.23. The molecular weight excluding hydrogens is 320 g/mol. The molecule has 2 aromatic rings. The van der Waals surface area contributed by atoms with Gasteiger partial charge in [0.25, 0.3) is 5.56 Å². The molecular formula is C18H22N4O3. The maximum Gasteiger partial charge on any atom is 0.261 e. The smallest absolute Gasteiger partial charge is 0.261 e. The molecule has 7 heteroatoms. The molecule has 1 saturated heterocycles. The predicted octanol–water partition coefficient (Wildman–Crippen LogP) is 0.962. The lowest BCUT2D eigenvalue weighted by Crippen LogP contribution is -2.45. The van der Waals surface area contributed by atoms with Gasteiger partial charge >= 0.3 is 0 Å². The lowest BCUT2D eigenvalue weighted by atomic mass is 10.1. The van der Waals surface area contributed by atoms with Crippen LogP contribution in [-0.4, -0.2) is 34.0 Å². The van der Waals surface area contributed by atoms with Crippen LogP contribution in [0.25, 0.3) is 10.9 Å². The molecule has 3 rings (SSSR count). The van der Waals surface area contributed by atoms with Crippen molar-refractivity contribution >= 4 is 22.7 Å². The fourth-order valence-corrected chi connectivity index (χ4v) is 3.02. The summed E-state index contributed by atoms with van der Waals surface area (Å²) in [6.45, 7) is 1.09. The molecule has 1 aliphatic rings. The van der Waals surface area contributed by atoms with Crippen molar-refractivity contribution in [1.29, 1.82) is 0 Å². The number of fused-ring (bicyclic) bond motifs is 1. The number of rotatable bonds is 5. The minimum absolute atomic E-state index is 0.103. The Morgan fingerprint density at radius 2 is 2.12 bits per heavy atom. The zero-order valence-corrected chi connectivity index (χ0v) is 14.0. The highest BCUT2D eigenvalue weighted by Crippen LogP contribution is 2.07. The Morgan fingerprint density at radius 3 is 3.00 bits per heavy atom. The van der Waals surface area contributed by atoms with Crippen LogP contribution in [-0.2, 0) is 16.1 Å². The van der Waals surface area contributed by atoms with E-state index in [-0.39, 0.29) is 23.8 Å². The van der Waals surface area contributed by atoms with E-state index in [1.54, 1.807) is 18.2 Å². The first kappa shape index (κ1) is 17.1. The van der Waals surface area contributed by atoms with Crippen molar-refractivity contribution in [3.05, 3.63) is 40.9 Å². The van der Waals surface area contributed by atoms with E-state index in [0.29, 0.717) is 36.8 Å². The topological polar surface area (TPSA) is 93.1 Å². The van der Waals surface area contributed by atoms with Crippen LogP contribution >= 0.6 is 0 Å². The lowest BCUT2D eigenvalue weighted by molar-refractivity contribution is -0.128. The Bertz CT molecular complexity index is 830. The molecule has 0 radical (unpaired) electrons. The van der Waals surface area contributed by atoms with E-state index in [1.807, 2.05) is 6.07 Å². The van der Waals surface area contributed by atoms with Gasteiger partial charge in [-0.1, -0.05) is 12.1 Å². The van der Waals surface area contributed by atoms with Crippen LogP contribution in [0.2, 0.25) is 0 Å². The summed E-state index contributed by atoms with van der Waals surface area (Å²) in [5.41, 5.74) is 0.565. The summed E-state index contributed by atoms with van der Waals surface area (Å²) in [6, 6.07) is 6.75. The third-order valence-corrected chi connectivity index (χ3v) is 4.40. The summed E-state index contributed by atoms with van der Waals surface area (Å²) in [5.74, 6) is -0.273. The normalized spacial score (nSPS) is 17.8. The fraction of sp³-hybridized carbons (Fsp3) is 0.444. The second kappa shape index (κ2) is 7.92. The first-order chi connectivity index (χ1) is 12.1. The molecule has 2 amide bonds. The van der Waals surface area contributed by atoms with Crippen LogP contribution in [0.1, 0.15) is 32.1 Å². The van der Waals surface area contributed by atoms with Gasteiger partial charge in [-0.3, -0.25) is 19.0 Å². The van der Waals surface area contributed by atoms with Crippen molar-refractivity contribution in [3.63, 3.8) is 0 Å². The summed E-state index contributed by atoms with van der Waals surface area (Å²) >= 11 is 0. The molecule has 0 bridgehead atoms. The number of benzene rings is 1. The molecule has 1 aliphatic heterocycles. The van der Waals surface area contributed by atoms with Crippen LogP contribution in [0.4, 0.5) is 0 Å². The van der Waals surface area contributed by atoms with Crippen molar-refractivity contribution in [2.24, 2.45) is 0 Å². The predicted molar refractivity (Wildman–Crippen MR) is 94.0 cm³/mol. The Labute approximate surface area is 145 Å². The average Bonchev–Trinajstić information content (AvgIpc) is 2.82. The second-order valence-electron chi connectivity index (χ2n) is 6.27. The SMILES string of the molecule is O=C(CCCn1cnc2ccccc2c1=O)N[C@H]1CCCCNC1=O. The molecule has 0 aliphatic carbocycles. The van der Waals surface area contributed by atoms with Gasteiger partial charge in [-0.05, 0) is 37.8 Å². The summed E-state index contributed by atoms with van der Waals surface area (Å²) < 4.78 is 1.52. The summed E-state index contributed by atoms with van der Waals surface area (Å²) in [5, 5.41) is 6.16.